The van der Waals surface area contributed by atoms with Gasteiger partial charge in [-0.3, -0.25) is 14.5 Å². The Bertz CT molecular complexity index is 2000. The molecule has 0 aromatic heterocycles. The van der Waals surface area contributed by atoms with E-state index in [0.717, 1.165) is 23.7 Å². The van der Waals surface area contributed by atoms with Gasteiger partial charge in [0.15, 0.2) is 11.6 Å². The van der Waals surface area contributed by atoms with E-state index in [1.807, 2.05) is 30.3 Å². The van der Waals surface area contributed by atoms with Gasteiger partial charge in [-0.05, 0) is 71.1 Å². The Labute approximate surface area is 269 Å². The summed E-state index contributed by atoms with van der Waals surface area (Å²) in [6.07, 6.45) is 3.74. The highest BCUT2D eigenvalue weighted by molar-refractivity contribution is 6.21. The number of ether oxygens (including phenoxy) is 1. The Kier molecular flexibility index (Phi) is 6.68. The monoisotopic (exact) mass is 605 g/mol. The number of nitrogens with zero attached hydrogens (tertiary/aromatic N) is 3. The van der Waals surface area contributed by atoms with Crippen molar-refractivity contribution in [1.82, 2.24) is 4.90 Å². The lowest BCUT2D eigenvalue weighted by molar-refractivity contribution is 0.0653. The third-order valence-corrected chi connectivity index (χ3v) is 9.92. The van der Waals surface area contributed by atoms with Gasteiger partial charge < -0.3 is 14.5 Å². The van der Waals surface area contributed by atoms with Crippen LogP contribution < -0.4 is 14.5 Å². The minimum atomic E-state index is -0.320. The first-order valence-electron chi connectivity index (χ1n) is 15.9. The van der Waals surface area contributed by atoms with E-state index in [-0.39, 0.29) is 23.3 Å². The minimum Gasteiger partial charge on any atom is -0.439 e. The third kappa shape index (κ3) is 4.39. The smallest absolute Gasteiger partial charge is 0.261 e. The van der Waals surface area contributed by atoms with Gasteiger partial charge in [0.1, 0.15) is 0 Å². The van der Waals surface area contributed by atoms with Crippen molar-refractivity contribution in [3.05, 3.63) is 149 Å². The van der Waals surface area contributed by atoms with Crippen LogP contribution in [0.4, 0.5) is 11.4 Å². The van der Waals surface area contributed by atoms with Crippen LogP contribution in [0.2, 0.25) is 0 Å². The van der Waals surface area contributed by atoms with Crippen molar-refractivity contribution in [2.75, 3.05) is 29.9 Å². The second kappa shape index (κ2) is 10.9. The van der Waals surface area contributed by atoms with E-state index in [4.69, 9.17) is 4.74 Å². The van der Waals surface area contributed by atoms with Gasteiger partial charge in [0.05, 0.1) is 22.9 Å². The number of hydrogen-bond acceptors (Lipinski definition) is 5. The Balaban J connectivity index is 1.21. The molecule has 2 amide bonds. The molecule has 0 radical (unpaired) electrons. The second-order valence-electron chi connectivity index (χ2n) is 12.7. The molecular formula is C40H35N3O3. The molecule has 0 N–H and O–H groups in total. The molecule has 2 atom stereocenters. The molecule has 3 aliphatic heterocycles. The van der Waals surface area contributed by atoms with E-state index in [0.29, 0.717) is 30.6 Å². The number of hydrogen-bond donors (Lipinski definition) is 0. The van der Waals surface area contributed by atoms with Crippen molar-refractivity contribution in [2.24, 2.45) is 0 Å². The van der Waals surface area contributed by atoms with Gasteiger partial charge >= 0.3 is 0 Å². The molecular weight excluding hydrogens is 570 g/mol. The highest BCUT2D eigenvalue weighted by atomic mass is 16.5. The van der Waals surface area contributed by atoms with Crippen LogP contribution in [0.15, 0.2) is 127 Å². The number of rotatable bonds is 7. The zero-order valence-electron chi connectivity index (χ0n) is 26.0. The van der Waals surface area contributed by atoms with Crippen molar-refractivity contribution < 1.29 is 14.3 Å². The molecule has 0 bridgehead atoms. The summed E-state index contributed by atoms with van der Waals surface area (Å²) in [5.74, 6) is 1.23. The molecule has 0 aliphatic carbocycles. The average molecular weight is 606 g/mol. The number of carbonyl (C=O) groups excluding carboxylic acids is 2. The molecule has 3 heterocycles. The largest absolute Gasteiger partial charge is 0.439 e. The van der Waals surface area contributed by atoms with Crippen molar-refractivity contribution >= 4 is 34.0 Å². The quantitative estimate of drug-likeness (QED) is 0.179. The van der Waals surface area contributed by atoms with Crippen molar-refractivity contribution in [3.63, 3.8) is 0 Å². The number of carbonyl (C=O) groups is 2. The van der Waals surface area contributed by atoms with Crippen LogP contribution in [0.1, 0.15) is 45.2 Å². The minimum absolute atomic E-state index is 0.0672. The van der Waals surface area contributed by atoms with Gasteiger partial charge in [-0.25, -0.2) is 0 Å². The van der Waals surface area contributed by atoms with Crippen molar-refractivity contribution in [2.45, 2.75) is 31.2 Å². The fraction of sp³-hybridized carbons (Fsp3) is 0.200. The lowest BCUT2D eigenvalue weighted by Crippen LogP contribution is -2.45. The summed E-state index contributed by atoms with van der Waals surface area (Å²) in [5.41, 5.74) is 5.46. The Morgan fingerprint density at radius 1 is 0.739 bits per heavy atom. The zero-order valence-corrected chi connectivity index (χ0v) is 26.0. The van der Waals surface area contributed by atoms with Crippen LogP contribution in [0.25, 0.3) is 10.8 Å². The van der Waals surface area contributed by atoms with Gasteiger partial charge in [0.25, 0.3) is 11.8 Å². The lowest BCUT2D eigenvalue weighted by atomic mass is 9.72. The van der Waals surface area contributed by atoms with Gasteiger partial charge in [0, 0.05) is 31.2 Å². The highest BCUT2D eigenvalue weighted by Gasteiger charge is 2.48. The first kappa shape index (κ1) is 28.1. The average Bonchev–Trinajstić information content (AvgIpc) is 3.62. The van der Waals surface area contributed by atoms with Crippen LogP contribution >= 0.6 is 0 Å². The topological polar surface area (TPSA) is 53.1 Å². The predicted octanol–water partition coefficient (Wildman–Crippen LogP) is 7.59. The summed E-state index contributed by atoms with van der Waals surface area (Å²) in [4.78, 5) is 32.4. The molecule has 0 fully saturated rings. The first-order valence-corrected chi connectivity index (χ1v) is 15.9. The van der Waals surface area contributed by atoms with Gasteiger partial charge in [-0.15, -0.1) is 0 Å². The molecule has 6 nitrogen and oxygen atoms in total. The molecule has 46 heavy (non-hydrogen) atoms. The molecule has 0 spiro atoms. The molecule has 0 saturated heterocycles. The Morgan fingerprint density at radius 3 is 2.17 bits per heavy atom. The highest BCUT2D eigenvalue weighted by Crippen LogP contribution is 2.52. The standard InChI is InChI=1S/C40H35N3O3/c1-40(26-27-13-4-3-5-14-27)35(25-36-41(2)32-19-10-11-20-34(32)46-36)42(33-22-21-28-15-6-7-16-29(28)37(33)40)23-12-24-43-38(44)30-17-8-9-18-31(30)39(43)45/h3-11,13-22,25,35H,12,23-24,26H2,1-2H3/b36-25-. The van der Waals surface area contributed by atoms with Crippen LogP contribution in [-0.2, 0) is 11.8 Å². The summed E-state index contributed by atoms with van der Waals surface area (Å²) in [5, 5.41) is 2.45. The summed E-state index contributed by atoms with van der Waals surface area (Å²) < 4.78 is 6.47. The molecule has 3 aliphatic rings. The number of benzene rings is 5. The lowest BCUT2D eigenvalue weighted by Gasteiger charge is -2.36. The van der Waals surface area contributed by atoms with Crippen LogP contribution in [-0.4, -0.2) is 42.9 Å². The Morgan fingerprint density at radius 2 is 1.41 bits per heavy atom. The van der Waals surface area contributed by atoms with Crippen LogP contribution in [0, 0.1) is 0 Å². The van der Waals surface area contributed by atoms with E-state index in [1.54, 1.807) is 12.1 Å². The first-order chi connectivity index (χ1) is 22.4. The summed E-state index contributed by atoms with van der Waals surface area (Å²) in [6.45, 7) is 3.39. The van der Waals surface area contributed by atoms with Gasteiger partial charge in [0.2, 0.25) is 0 Å². The fourth-order valence-electron chi connectivity index (χ4n) is 7.73. The van der Waals surface area contributed by atoms with E-state index >= 15 is 0 Å². The maximum atomic E-state index is 13.2. The Hall–Kier alpha value is -5.36. The predicted molar refractivity (Wildman–Crippen MR) is 183 cm³/mol. The molecule has 6 heteroatoms. The summed E-state index contributed by atoms with van der Waals surface area (Å²) in [7, 11) is 2.05. The summed E-state index contributed by atoms with van der Waals surface area (Å²) >= 11 is 0. The molecule has 228 valence electrons. The zero-order chi connectivity index (χ0) is 31.4. The van der Waals surface area contributed by atoms with E-state index in [2.05, 4.69) is 103 Å². The van der Waals surface area contributed by atoms with E-state index in [1.165, 1.54) is 32.5 Å². The van der Waals surface area contributed by atoms with Crippen LogP contribution in [0.5, 0.6) is 5.75 Å². The SMILES string of the molecule is CN1/C(=C/C2N(CCCN3C(=O)c4ccccc4C3=O)c3ccc4ccccc4c3C2(C)Cc2ccccc2)Oc2ccccc21. The third-order valence-electron chi connectivity index (χ3n) is 9.92. The fourth-order valence-corrected chi connectivity index (χ4v) is 7.73. The number of imide groups is 1. The molecule has 5 aromatic rings. The maximum Gasteiger partial charge on any atom is 0.261 e. The number of para-hydroxylation sites is 2. The number of anilines is 2. The van der Waals surface area contributed by atoms with E-state index < -0.39 is 0 Å². The van der Waals surface area contributed by atoms with E-state index in [9.17, 15) is 9.59 Å². The number of fused-ring (bicyclic) bond motifs is 5. The summed E-state index contributed by atoms with van der Waals surface area (Å²) in [6, 6.07) is 38.9. The van der Waals surface area contributed by atoms with Crippen molar-refractivity contribution in [1.29, 1.82) is 0 Å². The molecule has 5 aromatic carbocycles. The van der Waals surface area contributed by atoms with Gasteiger partial charge in [-0.1, -0.05) is 91.9 Å². The molecule has 8 rings (SSSR count). The van der Waals surface area contributed by atoms with Crippen LogP contribution in [0.3, 0.4) is 0 Å². The second-order valence-corrected chi connectivity index (χ2v) is 12.7. The maximum absolute atomic E-state index is 13.2. The van der Waals surface area contributed by atoms with Crippen molar-refractivity contribution in [3.8, 4) is 5.75 Å². The number of amides is 2. The molecule has 2 unspecified atom stereocenters. The van der Waals surface area contributed by atoms with Gasteiger partial charge in [-0.2, -0.15) is 0 Å². The normalized spacial score (nSPS) is 20.8. The molecule has 0 saturated carbocycles.